The smallest absolute Gasteiger partial charge is 0.204 e. The number of rotatable bonds is 3. The Morgan fingerprint density at radius 1 is 0.472 bits per heavy atom. The van der Waals surface area contributed by atoms with Gasteiger partial charge in [0.05, 0.1) is 4.86 Å². The minimum absolute atomic E-state index is 0.105. The molecule has 0 saturated carbocycles. The van der Waals surface area contributed by atoms with Crippen molar-refractivity contribution < 1.29 is 4.79 Å². The molecular weight excluding hydrogens is 456 g/mol. The molecule has 0 aliphatic carbocycles. The SMILES string of the molecule is Cc1c(C)c2cc(C(=O)C(=S)c3ccc4c(c3)c(C)c(C)c3ccccc34)ccc2c2ccccc12. The summed E-state index contributed by atoms with van der Waals surface area (Å²) in [6.45, 7) is 8.60. The minimum Gasteiger partial charge on any atom is -0.288 e. The van der Waals surface area contributed by atoms with Crippen LogP contribution in [0.15, 0.2) is 84.9 Å². The normalized spacial score (nSPS) is 11.6. The lowest BCUT2D eigenvalue weighted by molar-refractivity contribution is 0.106. The van der Waals surface area contributed by atoms with E-state index in [1.165, 1.54) is 54.6 Å². The van der Waals surface area contributed by atoms with Crippen molar-refractivity contribution in [2.24, 2.45) is 0 Å². The van der Waals surface area contributed by atoms with Gasteiger partial charge in [0, 0.05) is 5.56 Å². The predicted molar refractivity (Wildman–Crippen MR) is 158 cm³/mol. The molecule has 6 rings (SSSR count). The van der Waals surface area contributed by atoms with Crippen LogP contribution in [0.25, 0.3) is 43.1 Å². The van der Waals surface area contributed by atoms with E-state index in [-0.39, 0.29) is 5.78 Å². The number of hydrogen-bond donors (Lipinski definition) is 0. The van der Waals surface area contributed by atoms with Crippen molar-refractivity contribution in [3.05, 3.63) is 118 Å². The second kappa shape index (κ2) is 8.36. The third kappa shape index (κ3) is 3.29. The van der Waals surface area contributed by atoms with E-state index < -0.39 is 0 Å². The monoisotopic (exact) mass is 482 g/mol. The summed E-state index contributed by atoms with van der Waals surface area (Å²) in [4.78, 5) is 14.0. The van der Waals surface area contributed by atoms with Crippen LogP contribution in [0, 0.1) is 27.7 Å². The Balaban J connectivity index is 1.46. The molecule has 0 saturated heterocycles. The highest BCUT2D eigenvalue weighted by molar-refractivity contribution is 7.82. The van der Waals surface area contributed by atoms with Crippen molar-refractivity contribution in [1.29, 1.82) is 0 Å². The second-order valence-electron chi connectivity index (χ2n) is 9.77. The predicted octanol–water partition coefficient (Wildman–Crippen LogP) is 9.13. The summed E-state index contributed by atoms with van der Waals surface area (Å²) >= 11 is 5.77. The van der Waals surface area contributed by atoms with Gasteiger partial charge in [-0.2, -0.15) is 0 Å². The molecule has 0 heterocycles. The quantitative estimate of drug-likeness (QED) is 0.142. The van der Waals surface area contributed by atoms with Crippen molar-refractivity contribution >= 4 is 66.0 Å². The fourth-order valence-electron chi connectivity index (χ4n) is 5.62. The second-order valence-corrected chi connectivity index (χ2v) is 10.2. The first-order chi connectivity index (χ1) is 17.4. The van der Waals surface area contributed by atoms with E-state index in [0.29, 0.717) is 10.4 Å². The number of aryl methyl sites for hydroxylation is 4. The first-order valence-electron chi connectivity index (χ1n) is 12.3. The molecule has 0 amide bonds. The van der Waals surface area contributed by atoms with Crippen molar-refractivity contribution in [2.75, 3.05) is 0 Å². The van der Waals surface area contributed by atoms with Gasteiger partial charge in [-0.3, -0.25) is 4.79 Å². The summed E-state index contributed by atoms with van der Waals surface area (Å²) in [5.74, 6) is -0.105. The first-order valence-corrected chi connectivity index (χ1v) is 12.7. The maximum atomic E-state index is 13.6. The third-order valence-electron chi connectivity index (χ3n) is 7.95. The van der Waals surface area contributed by atoms with Crippen LogP contribution in [0.1, 0.15) is 38.2 Å². The fraction of sp³-hybridized carbons (Fsp3) is 0.118. The number of benzene rings is 6. The number of Topliss-reactive ketones (excluding diaryl/α,β-unsaturated/α-hetero) is 1. The van der Waals surface area contributed by atoms with Gasteiger partial charge in [0.25, 0.3) is 0 Å². The Hall–Kier alpha value is -3.88. The van der Waals surface area contributed by atoms with E-state index in [9.17, 15) is 4.79 Å². The molecule has 0 aromatic heterocycles. The number of ketones is 1. The number of hydrogen-bond acceptors (Lipinski definition) is 2. The first kappa shape index (κ1) is 22.6. The third-order valence-corrected chi connectivity index (χ3v) is 8.37. The van der Waals surface area contributed by atoms with Gasteiger partial charge in [0.2, 0.25) is 5.78 Å². The summed E-state index contributed by atoms with van der Waals surface area (Å²) in [5.41, 5.74) is 6.37. The van der Waals surface area contributed by atoms with E-state index in [1.807, 2.05) is 18.2 Å². The number of carbonyl (C=O) groups excluding carboxylic acids is 1. The van der Waals surface area contributed by atoms with E-state index in [0.717, 1.165) is 16.3 Å². The lowest BCUT2D eigenvalue weighted by Crippen LogP contribution is -2.13. The molecule has 0 atom stereocenters. The Kier molecular flexibility index (Phi) is 5.24. The van der Waals surface area contributed by atoms with Crippen LogP contribution in [0.5, 0.6) is 0 Å². The summed E-state index contributed by atoms with van der Waals surface area (Å²) < 4.78 is 0. The maximum Gasteiger partial charge on any atom is 0.204 e. The molecule has 6 aromatic rings. The topological polar surface area (TPSA) is 17.1 Å². The highest BCUT2D eigenvalue weighted by Gasteiger charge is 2.18. The van der Waals surface area contributed by atoms with Gasteiger partial charge in [0.15, 0.2) is 0 Å². The molecule has 0 fully saturated rings. The Morgan fingerprint density at radius 2 is 0.833 bits per heavy atom. The van der Waals surface area contributed by atoms with Crippen LogP contribution in [-0.2, 0) is 0 Å². The van der Waals surface area contributed by atoms with Crippen LogP contribution >= 0.6 is 12.2 Å². The zero-order chi connectivity index (χ0) is 25.1. The van der Waals surface area contributed by atoms with E-state index in [4.69, 9.17) is 12.2 Å². The average molecular weight is 483 g/mol. The van der Waals surface area contributed by atoms with Crippen molar-refractivity contribution in [1.82, 2.24) is 0 Å². The fourth-order valence-corrected chi connectivity index (χ4v) is 5.87. The molecule has 0 spiro atoms. The van der Waals surface area contributed by atoms with Gasteiger partial charge in [0.1, 0.15) is 0 Å². The van der Waals surface area contributed by atoms with Crippen LogP contribution in [-0.4, -0.2) is 10.6 Å². The van der Waals surface area contributed by atoms with E-state index >= 15 is 0 Å². The number of carbonyl (C=O) groups is 1. The molecule has 0 radical (unpaired) electrons. The summed E-state index contributed by atoms with van der Waals surface area (Å²) in [6, 6.07) is 29.2. The maximum absolute atomic E-state index is 13.6. The molecular formula is C34H26OS. The highest BCUT2D eigenvalue weighted by atomic mass is 32.1. The Bertz CT molecular complexity index is 1770. The molecule has 1 nitrogen and oxygen atoms in total. The van der Waals surface area contributed by atoms with Gasteiger partial charge in [-0.1, -0.05) is 85.0 Å². The summed E-state index contributed by atoms with van der Waals surface area (Å²) in [5, 5.41) is 9.58. The largest absolute Gasteiger partial charge is 0.288 e. The van der Waals surface area contributed by atoms with Crippen molar-refractivity contribution in [3.8, 4) is 0 Å². The standard InChI is InChI=1S/C34H26OS/c1-19-21(3)31-17-23(13-15-29(31)27-11-7-5-9-25(19)27)33(35)34(36)24-14-16-30-28-12-8-6-10-26(28)20(2)22(4)32(30)18-24/h5-18H,1-4H3. The Labute approximate surface area is 216 Å². The zero-order valence-electron chi connectivity index (χ0n) is 20.9. The van der Waals surface area contributed by atoms with Gasteiger partial charge >= 0.3 is 0 Å². The molecule has 0 aliphatic heterocycles. The highest BCUT2D eigenvalue weighted by Crippen LogP contribution is 2.34. The molecule has 36 heavy (non-hydrogen) atoms. The number of fused-ring (bicyclic) bond motifs is 6. The average Bonchev–Trinajstić information content (AvgIpc) is 2.93. The summed E-state index contributed by atoms with van der Waals surface area (Å²) in [6.07, 6.45) is 0. The lowest BCUT2D eigenvalue weighted by atomic mass is 9.89. The molecule has 174 valence electrons. The molecule has 6 aromatic carbocycles. The van der Waals surface area contributed by atoms with Crippen LogP contribution in [0.2, 0.25) is 0 Å². The summed E-state index contributed by atoms with van der Waals surface area (Å²) in [7, 11) is 0. The zero-order valence-corrected chi connectivity index (χ0v) is 21.7. The van der Waals surface area contributed by atoms with Crippen molar-refractivity contribution in [3.63, 3.8) is 0 Å². The lowest BCUT2D eigenvalue weighted by Gasteiger charge is -2.14. The molecule has 0 aliphatic rings. The van der Waals surface area contributed by atoms with Crippen LogP contribution < -0.4 is 0 Å². The van der Waals surface area contributed by atoms with Gasteiger partial charge < -0.3 is 0 Å². The number of thiocarbonyl (C=S) groups is 1. The molecule has 0 unspecified atom stereocenters. The van der Waals surface area contributed by atoms with Gasteiger partial charge in [-0.05, 0) is 111 Å². The van der Waals surface area contributed by atoms with Gasteiger partial charge in [-0.25, -0.2) is 0 Å². The molecule has 0 bridgehead atoms. The van der Waals surface area contributed by atoms with Gasteiger partial charge in [-0.15, -0.1) is 0 Å². The van der Waals surface area contributed by atoms with E-state index in [2.05, 4.69) is 94.4 Å². The van der Waals surface area contributed by atoms with E-state index in [1.54, 1.807) is 0 Å². The molecule has 2 heteroatoms. The molecule has 0 N–H and O–H groups in total. The van der Waals surface area contributed by atoms with Crippen LogP contribution in [0.3, 0.4) is 0 Å². The van der Waals surface area contributed by atoms with Crippen molar-refractivity contribution in [2.45, 2.75) is 27.7 Å². The minimum atomic E-state index is -0.105. The van der Waals surface area contributed by atoms with Crippen LogP contribution in [0.4, 0.5) is 0 Å². The Morgan fingerprint density at radius 3 is 1.33 bits per heavy atom.